The van der Waals surface area contributed by atoms with Gasteiger partial charge in [-0.2, -0.15) is 0 Å². The normalized spacial score (nSPS) is 10.2. The van der Waals surface area contributed by atoms with E-state index in [0.717, 1.165) is 5.56 Å². The lowest BCUT2D eigenvalue weighted by molar-refractivity contribution is 0.101. The lowest BCUT2D eigenvalue weighted by Gasteiger charge is -2.08. The Morgan fingerprint density at radius 3 is 2.63 bits per heavy atom. The third kappa shape index (κ3) is 2.82. The molecule has 0 fully saturated rings. The van der Waals surface area contributed by atoms with Crippen LogP contribution in [-0.4, -0.2) is 16.8 Å². The van der Waals surface area contributed by atoms with Gasteiger partial charge in [0.05, 0.1) is 10.6 Å². The molecule has 0 saturated carbocycles. The summed E-state index contributed by atoms with van der Waals surface area (Å²) in [5.41, 5.74) is 1.69. The SMILES string of the molecule is CC(=O)c1csc(C(=O)Nc2c(C)cccc2O)c1. The number of amides is 1. The number of aromatic hydroxyl groups is 1. The van der Waals surface area contributed by atoms with Gasteiger partial charge in [-0.25, -0.2) is 0 Å². The minimum absolute atomic E-state index is 0.0247. The fraction of sp³-hybridized carbons (Fsp3) is 0.143. The van der Waals surface area contributed by atoms with Gasteiger partial charge in [0.2, 0.25) is 0 Å². The molecule has 0 aliphatic carbocycles. The van der Waals surface area contributed by atoms with Crippen molar-refractivity contribution in [3.8, 4) is 5.75 Å². The standard InChI is InChI=1S/C14H13NO3S/c1-8-4-3-5-11(17)13(8)15-14(18)12-6-10(7-19-12)9(2)16/h3-7,17H,1-2H3,(H,15,18). The topological polar surface area (TPSA) is 66.4 Å². The van der Waals surface area contributed by atoms with Gasteiger partial charge in [-0.15, -0.1) is 11.3 Å². The van der Waals surface area contributed by atoms with E-state index in [1.807, 2.05) is 0 Å². The summed E-state index contributed by atoms with van der Waals surface area (Å²) in [5.74, 6) is -0.382. The van der Waals surface area contributed by atoms with Crippen LogP contribution >= 0.6 is 11.3 Å². The number of rotatable bonds is 3. The molecule has 1 amide bonds. The molecular formula is C14H13NO3S. The van der Waals surface area contributed by atoms with E-state index in [9.17, 15) is 14.7 Å². The molecule has 2 rings (SSSR count). The quantitative estimate of drug-likeness (QED) is 0.667. The van der Waals surface area contributed by atoms with Gasteiger partial charge in [0, 0.05) is 10.9 Å². The molecule has 0 saturated heterocycles. The van der Waals surface area contributed by atoms with Crippen molar-refractivity contribution in [3.05, 3.63) is 45.6 Å². The highest BCUT2D eigenvalue weighted by Gasteiger charge is 2.14. The number of nitrogens with one attached hydrogen (secondary N) is 1. The molecule has 0 atom stereocenters. The van der Waals surface area contributed by atoms with Crippen molar-refractivity contribution in [2.75, 3.05) is 5.32 Å². The van der Waals surface area contributed by atoms with Crippen LogP contribution in [0.3, 0.4) is 0 Å². The molecule has 4 nitrogen and oxygen atoms in total. The van der Waals surface area contributed by atoms with Crippen LogP contribution < -0.4 is 5.32 Å². The molecular weight excluding hydrogens is 262 g/mol. The van der Waals surface area contributed by atoms with Crippen LogP contribution in [0.4, 0.5) is 5.69 Å². The van der Waals surface area contributed by atoms with E-state index in [0.29, 0.717) is 16.1 Å². The Labute approximate surface area is 114 Å². The van der Waals surface area contributed by atoms with Crippen molar-refractivity contribution in [3.63, 3.8) is 0 Å². The largest absolute Gasteiger partial charge is 0.506 e. The van der Waals surface area contributed by atoms with Gasteiger partial charge in [-0.3, -0.25) is 9.59 Å². The number of para-hydroxylation sites is 1. The first-order valence-corrected chi connectivity index (χ1v) is 6.56. The van der Waals surface area contributed by atoms with Crippen molar-refractivity contribution in [1.29, 1.82) is 0 Å². The highest BCUT2D eigenvalue weighted by molar-refractivity contribution is 7.12. The summed E-state index contributed by atoms with van der Waals surface area (Å²) in [7, 11) is 0. The van der Waals surface area contributed by atoms with E-state index in [2.05, 4.69) is 5.32 Å². The third-order valence-electron chi connectivity index (χ3n) is 2.72. The first-order chi connectivity index (χ1) is 8.99. The Balaban J connectivity index is 2.23. The number of phenolic OH excluding ortho intramolecular Hbond substituents is 1. The second-order valence-corrected chi connectivity index (χ2v) is 5.09. The molecule has 19 heavy (non-hydrogen) atoms. The average Bonchev–Trinajstić information content (AvgIpc) is 2.83. The zero-order valence-electron chi connectivity index (χ0n) is 10.6. The number of carbonyl (C=O) groups is 2. The van der Waals surface area contributed by atoms with Crippen molar-refractivity contribution in [1.82, 2.24) is 0 Å². The number of anilines is 1. The minimum Gasteiger partial charge on any atom is -0.506 e. The molecule has 0 bridgehead atoms. The maximum Gasteiger partial charge on any atom is 0.265 e. The van der Waals surface area contributed by atoms with Gasteiger partial charge in [0.15, 0.2) is 5.78 Å². The minimum atomic E-state index is -0.331. The highest BCUT2D eigenvalue weighted by Crippen LogP contribution is 2.27. The van der Waals surface area contributed by atoms with Crippen LogP contribution in [0.15, 0.2) is 29.6 Å². The zero-order valence-corrected chi connectivity index (χ0v) is 11.4. The summed E-state index contributed by atoms with van der Waals surface area (Å²) in [5, 5.41) is 14.0. The number of hydrogen-bond donors (Lipinski definition) is 2. The molecule has 0 spiro atoms. The van der Waals surface area contributed by atoms with Gasteiger partial charge in [-0.05, 0) is 31.5 Å². The van der Waals surface area contributed by atoms with Crippen LogP contribution in [0.25, 0.3) is 0 Å². The number of Topliss-reactive ketones (excluding diaryl/α,β-unsaturated/α-hetero) is 1. The Hall–Kier alpha value is -2.14. The second-order valence-electron chi connectivity index (χ2n) is 4.18. The van der Waals surface area contributed by atoms with Crippen LogP contribution in [0.2, 0.25) is 0 Å². The molecule has 1 aromatic carbocycles. The van der Waals surface area contributed by atoms with Crippen molar-refractivity contribution < 1.29 is 14.7 Å². The summed E-state index contributed by atoms with van der Waals surface area (Å²) in [6.07, 6.45) is 0. The van der Waals surface area contributed by atoms with E-state index >= 15 is 0 Å². The molecule has 2 aromatic rings. The number of benzene rings is 1. The molecule has 1 heterocycles. The Morgan fingerprint density at radius 1 is 1.32 bits per heavy atom. The molecule has 0 radical (unpaired) electrons. The summed E-state index contributed by atoms with van der Waals surface area (Å²) >= 11 is 1.20. The maximum absolute atomic E-state index is 12.0. The molecule has 2 N–H and O–H groups in total. The molecule has 98 valence electrons. The molecule has 5 heteroatoms. The summed E-state index contributed by atoms with van der Waals surface area (Å²) in [4.78, 5) is 23.7. The second kappa shape index (κ2) is 5.24. The Kier molecular flexibility index (Phi) is 3.66. The zero-order chi connectivity index (χ0) is 14.0. The van der Waals surface area contributed by atoms with Gasteiger partial charge in [0.25, 0.3) is 5.91 Å². The molecule has 0 aliphatic rings. The van der Waals surface area contributed by atoms with E-state index in [1.54, 1.807) is 30.5 Å². The van der Waals surface area contributed by atoms with Crippen LogP contribution in [0, 0.1) is 6.92 Å². The summed E-state index contributed by atoms with van der Waals surface area (Å²) in [6.45, 7) is 3.25. The van der Waals surface area contributed by atoms with E-state index in [4.69, 9.17) is 0 Å². The number of hydrogen-bond acceptors (Lipinski definition) is 4. The number of carbonyl (C=O) groups excluding carboxylic acids is 2. The van der Waals surface area contributed by atoms with Crippen molar-refractivity contribution in [2.24, 2.45) is 0 Å². The fourth-order valence-corrected chi connectivity index (χ4v) is 2.47. The lowest BCUT2D eigenvalue weighted by atomic mass is 10.2. The monoisotopic (exact) mass is 275 g/mol. The summed E-state index contributed by atoms with van der Waals surface area (Å²) < 4.78 is 0. The predicted molar refractivity (Wildman–Crippen MR) is 75.1 cm³/mol. The van der Waals surface area contributed by atoms with Gasteiger partial charge in [0.1, 0.15) is 5.75 Å². The van der Waals surface area contributed by atoms with E-state index in [1.165, 1.54) is 24.3 Å². The van der Waals surface area contributed by atoms with Gasteiger partial charge < -0.3 is 10.4 Å². The molecule has 0 aliphatic heterocycles. The van der Waals surface area contributed by atoms with Crippen LogP contribution in [-0.2, 0) is 0 Å². The summed E-state index contributed by atoms with van der Waals surface area (Å²) in [6, 6.07) is 6.57. The van der Waals surface area contributed by atoms with Crippen LogP contribution in [0.5, 0.6) is 5.75 Å². The lowest BCUT2D eigenvalue weighted by Crippen LogP contribution is -2.11. The smallest absolute Gasteiger partial charge is 0.265 e. The first kappa shape index (κ1) is 13.3. The number of thiophene rings is 1. The average molecular weight is 275 g/mol. The maximum atomic E-state index is 12.0. The van der Waals surface area contributed by atoms with Crippen LogP contribution in [0.1, 0.15) is 32.5 Å². The van der Waals surface area contributed by atoms with Crippen molar-refractivity contribution >= 4 is 28.7 Å². The van der Waals surface area contributed by atoms with Crippen molar-refractivity contribution in [2.45, 2.75) is 13.8 Å². The number of aryl methyl sites for hydroxylation is 1. The number of ketones is 1. The Morgan fingerprint density at radius 2 is 2.05 bits per heavy atom. The Bertz CT molecular complexity index is 626. The predicted octanol–water partition coefficient (Wildman–Crippen LogP) is 3.22. The first-order valence-electron chi connectivity index (χ1n) is 5.68. The molecule has 0 unspecified atom stereocenters. The number of phenols is 1. The van der Waals surface area contributed by atoms with Gasteiger partial charge >= 0.3 is 0 Å². The van der Waals surface area contributed by atoms with Gasteiger partial charge in [-0.1, -0.05) is 12.1 Å². The molecule has 1 aromatic heterocycles. The fourth-order valence-electron chi connectivity index (χ4n) is 1.63. The third-order valence-corrected chi connectivity index (χ3v) is 3.65. The van der Waals surface area contributed by atoms with E-state index in [-0.39, 0.29) is 17.4 Å². The van der Waals surface area contributed by atoms with E-state index < -0.39 is 0 Å². The highest BCUT2D eigenvalue weighted by atomic mass is 32.1.